The molecule has 1 atom stereocenters. The predicted molar refractivity (Wildman–Crippen MR) is 67.0 cm³/mol. The maximum absolute atomic E-state index is 6.01. The number of hydrogen-bond acceptors (Lipinski definition) is 4. The molecule has 1 heterocycles. The lowest BCUT2D eigenvalue weighted by atomic mass is 10.1. The average molecular weight is 241 g/mol. The fourth-order valence-electron chi connectivity index (χ4n) is 1.74. The van der Waals surface area contributed by atoms with Gasteiger partial charge in [0, 0.05) is 31.8 Å². The van der Waals surface area contributed by atoms with Gasteiger partial charge in [-0.2, -0.15) is 5.10 Å². The van der Waals surface area contributed by atoms with Crippen LogP contribution in [0.2, 0.25) is 0 Å². The fraction of sp³-hybridized carbons (Fsp3) is 0.750. The second kappa shape index (κ2) is 7.42. The molecular weight excluding hydrogens is 218 g/mol. The van der Waals surface area contributed by atoms with Gasteiger partial charge in [0.1, 0.15) is 0 Å². The van der Waals surface area contributed by atoms with Crippen LogP contribution in [0, 0.1) is 6.92 Å². The van der Waals surface area contributed by atoms with Gasteiger partial charge in [-0.3, -0.25) is 4.68 Å². The van der Waals surface area contributed by atoms with E-state index in [9.17, 15) is 0 Å². The van der Waals surface area contributed by atoms with Crippen LogP contribution in [0.5, 0.6) is 0 Å². The number of hydrogen-bond donors (Lipinski definition) is 1. The van der Waals surface area contributed by atoms with E-state index in [1.807, 2.05) is 11.6 Å². The topological polar surface area (TPSA) is 62.3 Å². The minimum atomic E-state index is 0.00764. The van der Waals surface area contributed by atoms with Gasteiger partial charge >= 0.3 is 0 Å². The van der Waals surface area contributed by atoms with Crippen LogP contribution in [-0.4, -0.2) is 42.8 Å². The van der Waals surface area contributed by atoms with Gasteiger partial charge in [-0.1, -0.05) is 0 Å². The summed E-state index contributed by atoms with van der Waals surface area (Å²) in [6, 6.07) is 2.09. The number of nitrogens with zero attached hydrogens (tertiary/aromatic N) is 2. The zero-order valence-electron chi connectivity index (χ0n) is 11.0. The van der Waals surface area contributed by atoms with Crippen LogP contribution in [0.3, 0.4) is 0 Å². The minimum Gasteiger partial charge on any atom is -0.382 e. The molecule has 0 bridgehead atoms. The molecule has 0 amide bonds. The van der Waals surface area contributed by atoms with Crippen molar-refractivity contribution < 1.29 is 9.47 Å². The van der Waals surface area contributed by atoms with Gasteiger partial charge in [0.2, 0.25) is 0 Å². The van der Waals surface area contributed by atoms with Crippen LogP contribution in [0.25, 0.3) is 0 Å². The molecule has 5 heteroatoms. The lowest BCUT2D eigenvalue weighted by molar-refractivity contribution is 0.0635. The monoisotopic (exact) mass is 241 g/mol. The zero-order valence-corrected chi connectivity index (χ0v) is 11.0. The highest BCUT2D eigenvalue weighted by Gasteiger charge is 2.09. The molecule has 17 heavy (non-hydrogen) atoms. The maximum Gasteiger partial charge on any atom is 0.0701 e. The van der Waals surface area contributed by atoms with Crippen molar-refractivity contribution in [1.82, 2.24) is 9.78 Å². The van der Waals surface area contributed by atoms with Crippen LogP contribution in [0.1, 0.15) is 18.3 Å². The molecule has 0 spiro atoms. The van der Waals surface area contributed by atoms with Crippen molar-refractivity contribution in [3.8, 4) is 0 Å². The van der Waals surface area contributed by atoms with Crippen molar-refractivity contribution in [1.29, 1.82) is 0 Å². The quantitative estimate of drug-likeness (QED) is 0.682. The van der Waals surface area contributed by atoms with E-state index in [4.69, 9.17) is 15.2 Å². The van der Waals surface area contributed by atoms with E-state index in [1.54, 1.807) is 7.11 Å². The molecule has 0 saturated heterocycles. The summed E-state index contributed by atoms with van der Waals surface area (Å²) in [4.78, 5) is 0. The first-order valence-electron chi connectivity index (χ1n) is 6.03. The van der Waals surface area contributed by atoms with E-state index in [1.165, 1.54) is 5.69 Å². The van der Waals surface area contributed by atoms with Crippen molar-refractivity contribution in [2.45, 2.75) is 32.9 Å². The number of rotatable bonds is 8. The Hall–Kier alpha value is -0.910. The molecule has 1 aromatic rings. The van der Waals surface area contributed by atoms with E-state index >= 15 is 0 Å². The van der Waals surface area contributed by atoms with E-state index < -0.39 is 0 Å². The summed E-state index contributed by atoms with van der Waals surface area (Å²) in [6.07, 6.45) is 0.793. The average Bonchev–Trinajstić information content (AvgIpc) is 2.65. The smallest absolute Gasteiger partial charge is 0.0701 e. The summed E-state index contributed by atoms with van der Waals surface area (Å²) in [7, 11) is 1.66. The molecular formula is C12H23N3O2. The Kier molecular flexibility index (Phi) is 6.18. The van der Waals surface area contributed by atoms with Gasteiger partial charge in [-0.25, -0.2) is 0 Å². The van der Waals surface area contributed by atoms with Crippen LogP contribution in [-0.2, 0) is 22.4 Å². The Morgan fingerprint density at radius 3 is 2.88 bits per heavy atom. The zero-order chi connectivity index (χ0) is 12.7. The summed E-state index contributed by atoms with van der Waals surface area (Å²) < 4.78 is 12.3. The van der Waals surface area contributed by atoms with Crippen LogP contribution in [0.15, 0.2) is 6.07 Å². The SMILES string of the molecule is CCn1nc(C)cc1CC(N)COCCOC. The Morgan fingerprint density at radius 2 is 2.24 bits per heavy atom. The number of methoxy groups -OCH3 is 1. The summed E-state index contributed by atoms with van der Waals surface area (Å²) >= 11 is 0. The largest absolute Gasteiger partial charge is 0.382 e. The number of aromatic nitrogens is 2. The lowest BCUT2D eigenvalue weighted by Gasteiger charge is -2.12. The van der Waals surface area contributed by atoms with Crippen molar-refractivity contribution in [2.24, 2.45) is 5.73 Å². The molecule has 0 aliphatic rings. The van der Waals surface area contributed by atoms with Crippen molar-refractivity contribution in [2.75, 3.05) is 26.9 Å². The summed E-state index contributed by atoms with van der Waals surface area (Å²) in [5.41, 5.74) is 8.22. The van der Waals surface area contributed by atoms with Gasteiger partial charge in [-0.15, -0.1) is 0 Å². The van der Waals surface area contributed by atoms with Gasteiger partial charge in [-0.05, 0) is 19.9 Å². The van der Waals surface area contributed by atoms with Crippen LogP contribution >= 0.6 is 0 Å². The van der Waals surface area contributed by atoms with Crippen molar-refractivity contribution in [3.05, 3.63) is 17.5 Å². The summed E-state index contributed by atoms with van der Waals surface area (Å²) in [5, 5.41) is 4.39. The van der Waals surface area contributed by atoms with Gasteiger partial charge in [0.05, 0.1) is 25.5 Å². The highest BCUT2D eigenvalue weighted by atomic mass is 16.5. The van der Waals surface area contributed by atoms with E-state index in [-0.39, 0.29) is 6.04 Å². The normalized spacial score (nSPS) is 12.9. The standard InChI is InChI=1S/C12H23N3O2/c1-4-15-12(7-10(2)14-15)8-11(13)9-17-6-5-16-3/h7,11H,4-6,8-9,13H2,1-3H3. The Bertz CT molecular complexity index is 326. The van der Waals surface area contributed by atoms with Crippen molar-refractivity contribution in [3.63, 3.8) is 0 Å². The van der Waals surface area contributed by atoms with E-state index in [2.05, 4.69) is 18.1 Å². The van der Waals surface area contributed by atoms with Gasteiger partial charge in [0.25, 0.3) is 0 Å². The fourth-order valence-corrected chi connectivity index (χ4v) is 1.74. The summed E-state index contributed by atoms with van der Waals surface area (Å²) in [5.74, 6) is 0. The molecule has 5 nitrogen and oxygen atoms in total. The first kappa shape index (κ1) is 14.2. The third-order valence-corrected chi connectivity index (χ3v) is 2.52. The molecule has 0 aromatic carbocycles. The second-order valence-corrected chi connectivity index (χ2v) is 4.12. The molecule has 0 aliphatic heterocycles. The van der Waals surface area contributed by atoms with E-state index in [0.29, 0.717) is 19.8 Å². The number of aryl methyl sites for hydroxylation is 2. The second-order valence-electron chi connectivity index (χ2n) is 4.12. The highest BCUT2D eigenvalue weighted by Crippen LogP contribution is 2.06. The molecule has 0 aliphatic carbocycles. The Morgan fingerprint density at radius 1 is 1.47 bits per heavy atom. The number of nitrogens with two attached hydrogens (primary N) is 1. The van der Waals surface area contributed by atoms with Gasteiger partial charge in [0.15, 0.2) is 0 Å². The highest BCUT2D eigenvalue weighted by molar-refractivity contribution is 5.10. The predicted octanol–water partition coefficient (Wildman–Crippen LogP) is 0.744. The third-order valence-electron chi connectivity index (χ3n) is 2.52. The van der Waals surface area contributed by atoms with Crippen molar-refractivity contribution >= 4 is 0 Å². The Balaban J connectivity index is 2.36. The molecule has 1 aromatic heterocycles. The van der Waals surface area contributed by atoms with E-state index in [0.717, 1.165) is 18.7 Å². The molecule has 1 rings (SSSR count). The molecule has 98 valence electrons. The molecule has 1 unspecified atom stereocenters. The summed E-state index contributed by atoms with van der Waals surface area (Å²) in [6.45, 7) is 6.71. The molecule has 2 N–H and O–H groups in total. The molecule has 0 radical (unpaired) electrons. The van der Waals surface area contributed by atoms with Gasteiger partial charge < -0.3 is 15.2 Å². The maximum atomic E-state index is 6.01. The molecule has 0 fully saturated rings. The lowest BCUT2D eigenvalue weighted by Crippen LogP contribution is -2.30. The Labute approximate surface area is 103 Å². The van der Waals surface area contributed by atoms with Crippen LogP contribution in [0.4, 0.5) is 0 Å². The van der Waals surface area contributed by atoms with Crippen LogP contribution < -0.4 is 5.73 Å². The third kappa shape index (κ3) is 4.85. The first-order chi connectivity index (χ1) is 8.17. The number of ether oxygens (including phenoxy) is 2. The minimum absolute atomic E-state index is 0.00764. The molecule has 0 saturated carbocycles. The first-order valence-corrected chi connectivity index (χ1v) is 6.03.